The zero-order chi connectivity index (χ0) is 19.6. The maximum atomic E-state index is 5.32. The summed E-state index contributed by atoms with van der Waals surface area (Å²) < 4.78 is 5.32. The first-order valence-corrected chi connectivity index (χ1v) is 9.90. The van der Waals surface area contributed by atoms with Crippen LogP contribution in [0.4, 0.5) is 0 Å². The highest BCUT2D eigenvalue weighted by atomic mass is 127. The fourth-order valence-corrected chi connectivity index (χ4v) is 2.56. The molecule has 0 aliphatic carbocycles. The molecular weight excluding hydrogens is 455 g/mol. The van der Waals surface area contributed by atoms with Crippen molar-refractivity contribution in [3.05, 3.63) is 11.7 Å². The molecule has 7 nitrogen and oxygen atoms in total. The molecule has 0 saturated heterocycles. The number of hydrogen-bond donors (Lipinski definition) is 2. The summed E-state index contributed by atoms with van der Waals surface area (Å²) in [5, 5.41) is 10.8. The Balaban J connectivity index is 0.00000676. The van der Waals surface area contributed by atoms with Crippen LogP contribution in [0.1, 0.15) is 73.0 Å². The second-order valence-electron chi connectivity index (χ2n) is 7.68. The Labute approximate surface area is 182 Å². The summed E-state index contributed by atoms with van der Waals surface area (Å²) in [4.78, 5) is 11.5. The van der Waals surface area contributed by atoms with Gasteiger partial charge in [-0.15, -0.1) is 24.0 Å². The zero-order valence-corrected chi connectivity index (χ0v) is 20.5. The quantitative estimate of drug-likeness (QED) is 0.294. The SMILES string of the molecule is CCNC(=NCc1noc(C(C)(C)C)n1)NC(C)CCCN(CC)CC.I. The molecule has 2 N–H and O–H groups in total. The molecule has 0 radical (unpaired) electrons. The third-order valence-electron chi connectivity index (χ3n) is 4.22. The Morgan fingerprint density at radius 2 is 1.89 bits per heavy atom. The van der Waals surface area contributed by atoms with Gasteiger partial charge in [-0.05, 0) is 46.3 Å². The van der Waals surface area contributed by atoms with E-state index in [4.69, 9.17) is 4.52 Å². The highest BCUT2D eigenvalue weighted by Crippen LogP contribution is 2.19. The van der Waals surface area contributed by atoms with Gasteiger partial charge >= 0.3 is 0 Å². The van der Waals surface area contributed by atoms with E-state index in [1.165, 1.54) is 6.42 Å². The van der Waals surface area contributed by atoms with Gasteiger partial charge in [-0.3, -0.25) is 0 Å². The maximum Gasteiger partial charge on any atom is 0.232 e. The van der Waals surface area contributed by atoms with Crippen molar-refractivity contribution in [2.45, 2.75) is 79.3 Å². The average Bonchev–Trinajstić information content (AvgIpc) is 3.06. The Morgan fingerprint density at radius 3 is 2.41 bits per heavy atom. The lowest BCUT2D eigenvalue weighted by atomic mass is 9.97. The van der Waals surface area contributed by atoms with Crippen LogP contribution in [0.3, 0.4) is 0 Å². The van der Waals surface area contributed by atoms with Crippen molar-refractivity contribution in [3.8, 4) is 0 Å². The van der Waals surface area contributed by atoms with Crippen LogP contribution in [0.5, 0.6) is 0 Å². The molecule has 8 heteroatoms. The number of nitrogens with one attached hydrogen (secondary N) is 2. The van der Waals surface area contributed by atoms with E-state index in [2.05, 4.69) is 79.1 Å². The summed E-state index contributed by atoms with van der Waals surface area (Å²) >= 11 is 0. The van der Waals surface area contributed by atoms with Gasteiger partial charge in [0.1, 0.15) is 6.54 Å². The minimum Gasteiger partial charge on any atom is -0.357 e. The number of guanidine groups is 1. The molecule has 1 aromatic rings. The lowest BCUT2D eigenvalue weighted by Gasteiger charge is -2.21. The lowest BCUT2D eigenvalue weighted by molar-refractivity contribution is 0.292. The van der Waals surface area contributed by atoms with Crippen molar-refractivity contribution in [1.29, 1.82) is 0 Å². The number of aliphatic imine (C=N–C) groups is 1. The van der Waals surface area contributed by atoms with Crippen molar-refractivity contribution in [3.63, 3.8) is 0 Å². The first-order valence-electron chi connectivity index (χ1n) is 9.90. The van der Waals surface area contributed by atoms with Gasteiger partial charge in [0.25, 0.3) is 0 Å². The van der Waals surface area contributed by atoms with Crippen LogP contribution in [-0.2, 0) is 12.0 Å². The van der Waals surface area contributed by atoms with E-state index in [0.29, 0.717) is 24.3 Å². The fourth-order valence-electron chi connectivity index (χ4n) is 2.56. The van der Waals surface area contributed by atoms with Crippen molar-refractivity contribution in [2.75, 3.05) is 26.2 Å². The van der Waals surface area contributed by atoms with Gasteiger partial charge in [0, 0.05) is 18.0 Å². The zero-order valence-electron chi connectivity index (χ0n) is 18.1. The molecule has 1 heterocycles. The van der Waals surface area contributed by atoms with Crippen LogP contribution in [0.25, 0.3) is 0 Å². The van der Waals surface area contributed by atoms with Crippen molar-refractivity contribution < 1.29 is 4.52 Å². The number of aromatic nitrogens is 2. The molecule has 0 spiro atoms. The van der Waals surface area contributed by atoms with Gasteiger partial charge in [-0.2, -0.15) is 4.98 Å². The van der Waals surface area contributed by atoms with E-state index in [9.17, 15) is 0 Å². The maximum absolute atomic E-state index is 5.32. The van der Waals surface area contributed by atoms with Crippen molar-refractivity contribution >= 4 is 29.9 Å². The third-order valence-corrected chi connectivity index (χ3v) is 4.22. The molecule has 0 aliphatic heterocycles. The number of halogens is 1. The normalized spacial score (nSPS) is 13.4. The third kappa shape index (κ3) is 10.3. The van der Waals surface area contributed by atoms with Gasteiger partial charge in [0.15, 0.2) is 11.8 Å². The van der Waals surface area contributed by atoms with Crippen LogP contribution >= 0.6 is 24.0 Å². The van der Waals surface area contributed by atoms with Gasteiger partial charge in [0.2, 0.25) is 5.89 Å². The molecule has 1 unspecified atom stereocenters. The minimum absolute atomic E-state index is 0. The Bertz CT molecular complexity index is 537. The highest BCUT2D eigenvalue weighted by molar-refractivity contribution is 14.0. The van der Waals surface area contributed by atoms with E-state index in [1.807, 2.05) is 0 Å². The van der Waals surface area contributed by atoms with Crippen LogP contribution in [0.2, 0.25) is 0 Å². The van der Waals surface area contributed by atoms with E-state index in [0.717, 1.165) is 38.6 Å². The summed E-state index contributed by atoms with van der Waals surface area (Å²) in [6.45, 7) is 19.4. The standard InChI is InChI=1S/C19H38N6O.HI/c1-8-20-18(22-15(4)12-11-13-25(9-2)10-3)21-14-16-23-17(26-24-16)19(5,6)7;/h15H,8-14H2,1-7H3,(H2,20,21,22);1H. The summed E-state index contributed by atoms with van der Waals surface area (Å²) in [5.74, 6) is 2.05. The Hall–Kier alpha value is -0.900. The van der Waals surface area contributed by atoms with Crippen LogP contribution < -0.4 is 10.6 Å². The second kappa shape index (κ2) is 13.3. The smallest absolute Gasteiger partial charge is 0.232 e. The molecule has 1 aromatic heterocycles. The summed E-state index contributed by atoms with van der Waals surface area (Å²) in [6, 6.07) is 0.360. The molecule has 0 saturated carbocycles. The molecule has 0 amide bonds. The van der Waals surface area contributed by atoms with Gasteiger partial charge < -0.3 is 20.1 Å². The first kappa shape index (κ1) is 26.1. The lowest BCUT2D eigenvalue weighted by Crippen LogP contribution is -2.42. The van der Waals surface area contributed by atoms with E-state index in [-0.39, 0.29) is 29.4 Å². The number of nitrogens with zero attached hydrogens (tertiary/aromatic N) is 4. The Kier molecular flexibility index (Phi) is 12.9. The highest BCUT2D eigenvalue weighted by Gasteiger charge is 2.21. The molecule has 0 fully saturated rings. The molecule has 27 heavy (non-hydrogen) atoms. The average molecular weight is 494 g/mol. The van der Waals surface area contributed by atoms with Gasteiger partial charge in [-0.25, -0.2) is 4.99 Å². The second-order valence-corrected chi connectivity index (χ2v) is 7.68. The van der Waals surface area contributed by atoms with E-state index < -0.39 is 0 Å². The van der Waals surface area contributed by atoms with Gasteiger partial charge in [-0.1, -0.05) is 39.8 Å². The monoisotopic (exact) mass is 494 g/mol. The van der Waals surface area contributed by atoms with Gasteiger partial charge in [0.05, 0.1) is 0 Å². The summed E-state index contributed by atoms with van der Waals surface area (Å²) in [7, 11) is 0. The Morgan fingerprint density at radius 1 is 1.22 bits per heavy atom. The number of rotatable bonds is 10. The topological polar surface area (TPSA) is 78.6 Å². The molecule has 0 bridgehead atoms. The summed E-state index contributed by atoms with van der Waals surface area (Å²) in [6.07, 6.45) is 2.28. The predicted octanol–water partition coefficient (Wildman–Crippen LogP) is 3.55. The first-order chi connectivity index (χ1) is 12.3. The minimum atomic E-state index is -0.142. The van der Waals surface area contributed by atoms with Crippen LogP contribution in [-0.4, -0.2) is 53.2 Å². The molecular formula is C19H39IN6O. The van der Waals surface area contributed by atoms with Crippen molar-refractivity contribution in [1.82, 2.24) is 25.7 Å². The van der Waals surface area contributed by atoms with Crippen molar-refractivity contribution in [2.24, 2.45) is 4.99 Å². The fraction of sp³-hybridized carbons (Fsp3) is 0.842. The van der Waals surface area contributed by atoms with E-state index >= 15 is 0 Å². The largest absolute Gasteiger partial charge is 0.357 e. The molecule has 1 rings (SSSR count). The molecule has 1 atom stereocenters. The van der Waals surface area contributed by atoms with Crippen LogP contribution in [0.15, 0.2) is 9.52 Å². The van der Waals surface area contributed by atoms with Crippen LogP contribution in [0, 0.1) is 0 Å². The molecule has 0 aliphatic rings. The predicted molar refractivity (Wildman–Crippen MR) is 123 cm³/mol. The molecule has 0 aromatic carbocycles. The van der Waals surface area contributed by atoms with E-state index in [1.54, 1.807) is 0 Å². The number of hydrogen-bond acceptors (Lipinski definition) is 5. The molecule has 158 valence electrons. The summed E-state index contributed by atoms with van der Waals surface area (Å²) in [5.41, 5.74) is -0.142.